The summed E-state index contributed by atoms with van der Waals surface area (Å²) in [7, 11) is 0. The molecule has 0 radical (unpaired) electrons. The van der Waals surface area contributed by atoms with Gasteiger partial charge >= 0.3 is 12.2 Å². The minimum atomic E-state index is -1.25. The maximum atomic E-state index is 12.9. The normalized spacial score (nSPS) is 23.2. The second-order valence-corrected chi connectivity index (χ2v) is 8.70. The lowest BCUT2D eigenvalue weighted by Gasteiger charge is -2.29. The van der Waals surface area contributed by atoms with Gasteiger partial charge in [-0.25, -0.2) is 14.5 Å². The van der Waals surface area contributed by atoms with E-state index in [4.69, 9.17) is 4.74 Å². The van der Waals surface area contributed by atoms with E-state index >= 15 is 0 Å². The van der Waals surface area contributed by atoms with Crippen molar-refractivity contribution in [3.8, 4) is 0 Å². The predicted octanol–water partition coefficient (Wildman–Crippen LogP) is 2.21. The third-order valence-electron chi connectivity index (χ3n) is 5.71. The Labute approximate surface area is 184 Å². The third-order valence-corrected chi connectivity index (χ3v) is 6.35. The first-order chi connectivity index (χ1) is 14.9. The molecule has 0 aromatic heterocycles. The van der Waals surface area contributed by atoms with Crippen LogP contribution in [0, 0.1) is 5.92 Å². The molecule has 4 atom stereocenters. The van der Waals surface area contributed by atoms with Crippen LogP contribution in [-0.2, 0) is 20.9 Å². The van der Waals surface area contributed by atoms with Crippen LogP contribution in [-0.4, -0.2) is 64.1 Å². The summed E-state index contributed by atoms with van der Waals surface area (Å²) in [6.07, 6.45) is 1.82. The van der Waals surface area contributed by atoms with E-state index in [1.165, 1.54) is 0 Å². The lowest BCUT2D eigenvalue weighted by molar-refractivity contribution is -0.130. The van der Waals surface area contributed by atoms with E-state index in [0.29, 0.717) is 31.4 Å². The molecule has 1 heterocycles. The molecule has 31 heavy (non-hydrogen) atoms. The van der Waals surface area contributed by atoms with Crippen LogP contribution in [0.2, 0.25) is 0 Å². The maximum Gasteiger partial charge on any atom is 0.414 e. The molecule has 1 saturated heterocycles. The number of nitrogens with zero attached hydrogens (tertiary/aromatic N) is 1. The minimum absolute atomic E-state index is 0.0924. The molecule has 1 aliphatic carbocycles. The first-order valence-electron chi connectivity index (χ1n) is 10.2. The van der Waals surface area contributed by atoms with Crippen molar-refractivity contribution in [3.05, 3.63) is 35.9 Å². The highest BCUT2D eigenvalue weighted by Crippen LogP contribution is 2.36. The van der Waals surface area contributed by atoms with E-state index in [0.717, 1.165) is 10.5 Å². The number of thioether (sulfide) groups is 1. The lowest BCUT2D eigenvalue weighted by atomic mass is 9.85. The Bertz CT molecular complexity index is 821. The van der Waals surface area contributed by atoms with Gasteiger partial charge in [-0.1, -0.05) is 30.3 Å². The van der Waals surface area contributed by atoms with E-state index in [2.05, 4.69) is 10.6 Å². The summed E-state index contributed by atoms with van der Waals surface area (Å²) in [6, 6.07) is 7.65. The Morgan fingerprint density at radius 3 is 2.68 bits per heavy atom. The summed E-state index contributed by atoms with van der Waals surface area (Å²) in [5.41, 5.74) is 0.835. The first-order valence-corrected chi connectivity index (χ1v) is 11.6. The molecule has 9 nitrogen and oxygen atoms in total. The zero-order valence-corrected chi connectivity index (χ0v) is 18.1. The number of carbonyl (C=O) groups is 4. The van der Waals surface area contributed by atoms with Gasteiger partial charge in [0.15, 0.2) is 0 Å². The van der Waals surface area contributed by atoms with E-state index in [9.17, 15) is 24.3 Å². The average Bonchev–Trinajstić information content (AvgIpc) is 3.03. The van der Waals surface area contributed by atoms with E-state index in [1.807, 2.05) is 36.6 Å². The van der Waals surface area contributed by atoms with E-state index < -0.39 is 42.0 Å². The molecular weight excluding hydrogens is 422 g/mol. The molecule has 1 aromatic carbocycles. The van der Waals surface area contributed by atoms with Crippen LogP contribution in [0.15, 0.2) is 30.3 Å². The van der Waals surface area contributed by atoms with Crippen LogP contribution in [0.5, 0.6) is 0 Å². The Morgan fingerprint density at radius 2 is 2.00 bits per heavy atom. The van der Waals surface area contributed by atoms with Crippen molar-refractivity contribution in [3.63, 3.8) is 0 Å². The number of imide groups is 1. The van der Waals surface area contributed by atoms with Crippen LogP contribution in [0.25, 0.3) is 0 Å². The van der Waals surface area contributed by atoms with Gasteiger partial charge in [0.1, 0.15) is 12.6 Å². The molecule has 3 rings (SSSR count). The van der Waals surface area contributed by atoms with Gasteiger partial charge in [0.05, 0.1) is 5.92 Å². The summed E-state index contributed by atoms with van der Waals surface area (Å²) < 4.78 is 5.22. The zero-order valence-electron chi connectivity index (χ0n) is 17.3. The molecule has 168 valence electrons. The van der Waals surface area contributed by atoms with Gasteiger partial charge < -0.3 is 20.5 Å². The summed E-state index contributed by atoms with van der Waals surface area (Å²) >= 11 is 1.55. The number of alkyl carbamates (subject to hydrolysis) is 1. The van der Waals surface area contributed by atoms with E-state index in [-0.39, 0.29) is 12.6 Å². The average molecular weight is 450 g/mol. The number of fused-ring (bicyclic) bond motifs is 2. The van der Waals surface area contributed by atoms with Crippen molar-refractivity contribution >= 4 is 35.8 Å². The minimum Gasteiger partial charge on any atom is -0.465 e. The fraction of sp³-hybridized carbons (Fsp3) is 0.524. The molecule has 4 amide bonds. The van der Waals surface area contributed by atoms with Gasteiger partial charge in [0.2, 0.25) is 11.8 Å². The zero-order chi connectivity index (χ0) is 22.4. The van der Waals surface area contributed by atoms with Gasteiger partial charge in [0, 0.05) is 12.1 Å². The highest BCUT2D eigenvalue weighted by molar-refractivity contribution is 7.98. The van der Waals surface area contributed by atoms with Crippen LogP contribution in [0.4, 0.5) is 9.59 Å². The lowest BCUT2D eigenvalue weighted by Crippen LogP contribution is -2.52. The van der Waals surface area contributed by atoms with E-state index in [1.54, 1.807) is 11.8 Å². The Kier molecular flexibility index (Phi) is 7.78. The van der Waals surface area contributed by atoms with Crippen molar-refractivity contribution in [1.29, 1.82) is 0 Å². The van der Waals surface area contributed by atoms with Crippen molar-refractivity contribution in [2.75, 3.05) is 12.0 Å². The largest absolute Gasteiger partial charge is 0.465 e. The smallest absolute Gasteiger partial charge is 0.414 e. The number of likely N-dealkylation sites (tertiary alicyclic amines) is 1. The second kappa shape index (κ2) is 10.5. The van der Waals surface area contributed by atoms with Gasteiger partial charge in [-0.05, 0) is 43.3 Å². The number of carbonyl (C=O) groups excluding carboxylic acids is 3. The van der Waals surface area contributed by atoms with Crippen LogP contribution in [0.3, 0.4) is 0 Å². The van der Waals surface area contributed by atoms with Crippen molar-refractivity contribution in [1.82, 2.24) is 15.5 Å². The quantitative estimate of drug-likeness (QED) is 0.556. The molecule has 1 saturated carbocycles. The number of hydrogen-bond acceptors (Lipinski definition) is 6. The SMILES string of the molecule is CSCC[C@H](NC(=O)OCc1ccccc1)C(=O)NC1CCC2CC1C(=O)N2C(=O)O. The summed E-state index contributed by atoms with van der Waals surface area (Å²) in [5.74, 6) is -0.754. The Hall–Kier alpha value is -2.75. The maximum absolute atomic E-state index is 12.9. The van der Waals surface area contributed by atoms with Crippen LogP contribution < -0.4 is 10.6 Å². The monoisotopic (exact) mass is 449 g/mol. The van der Waals surface area contributed by atoms with Gasteiger partial charge in [0.25, 0.3) is 0 Å². The first kappa shape index (κ1) is 22.9. The fourth-order valence-corrected chi connectivity index (χ4v) is 4.60. The number of rotatable bonds is 8. The molecule has 2 fully saturated rings. The highest BCUT2D eigenvalue weighted by Gasteiger charge is 2.50. The van der Waals surface area contributed by atoms with Gasteiger partial charge in [-0.2, -0.15) is 11.8 Å². The Balaban J connectivity index is 1.57. The van der Waals surface area contributed by atoms with Crippen molar-refractivity contribution in [2.24, 2.45) is 5.92 Å². The predicted molar refractivity (Wildman–Crippen MR) is 114 cm³/mol. The van der Waals surface area contributed by atoms with Crippen molar-refractivity contribution < 1.29 is 29.0 Å². The number of carboxylic acid groups (broad SMARTS) is 1. The Morgan fingerprint density at radius 1 is 1.26 bits per heavy atom. The molecule has 2 aliphatic rings. The van der Waals surface area contributed by atoms with Crippen molar-refractivity contribution in [2.45, 2.75) is 50.4 Å². The molecule has 1 aliphatic heterocycles. The number of ether oxygens (including phenoxy) is 1. The summed E-state index contributed by atoms with van der Waals surface area (Å²) in [5, 5.41) is 14.8. The van der Waals surface area contributed by atoms with Gasteiger partial charge in [-0.3, -0.25) is 9.59 Å². The molecular formula is C21H27N3O6S. The molecule has 3 N–H and O–H groups in total. The summed E-state index contributed by atoms with van der Waals surface area (Å²) in [6.45, 7) is 0.0924. The second-order valence-electron chi connectivity index (χ2n) is 7.72. The molecule has 0 spiro atoms. The molecule has 3 unspecified atom stereocenters. The topological polar surface area (TPSA) is 125 Å². The third kappa shape index (κ3) is 5.69. The number of nitrogens with one attached hydrogen (secondary N) is 2. The fourth-order valence-electron chi connectivity index (χ4n) is 4.13. The highest BCUT2D eigenvalue weighted by atomic mass is 32.2. The molecule has 2 bridgehead atoms. The molecule has 10 heteroatoms. The number of amides is 4. The number of hydrogen-bond donors (Lipinski definition) is 3. The van der Waals surface area contributed by atoms with Crippen LogP contribution >= 0.6 is 11.8 Å². The number of benzene rings is 1. The standard InChI is InChI=1S/C21H27N3O6S/c1-31-10-9-17(23-20(27)30-12-13-5-3-2-4-6-13)18(25)22-16-8-7-14-11-15(16)19(26)24(14)21(28)29/h2-6,14-17H,7-12H2,1H3,(H,22,25)(H,23,27)(H,28,29)/t14?,15?,16?,17-/m0/s1. The van der Waals surface area contributed by atoms with Crippen LogP contribution in [0.1, 0.15) is 31.2 Å². The molecule has 1 aromatic rings. The summed E-state index contributed by atoms with van der Waals surface area (Å²) in [4.78, 5) is 49.8. The van der Waals surface area contributed by atoms with Gasteiger partial charge in [-0.15, -0.1) is 0 Å².